The average Bonchev–Trinajstić information content (AvgIpc) is 2.44. The van der Waals surface area contributed by atoms with E-state index in [4.69, 9.17) is 4.51 Å². The largest absolute Gasteiger partial charge is 0.255 e. The maximum atomic E-state index is 4.86. The molecule has 4 nitrogen and oxygen atoms in total. The number of nitrogens with zero attached hydrogens (tertiary/aromatic N) is 4. The monoisotopic (exact) mass is 790 g/mol. The Balaban J connectivity index is 0.000000250. The Morgan fingerprint density at radius 1 is 0.720 bits per heavy atom. The Morgan fingerprint density at radius 3 is 1.32 bits per heavy atom. The molecule has 0 spiro atoms. The van der Waals surface area contributed by atoms with Crippen LogP contribution in [0, 0.1) is 14.8 Å². The van der Waals surface area contributed by atoms with Gasteiger partial charge >= 0.3 is 105 Å². The minimum atomic E-state index is -2.73. The minimum Gasteiger partial charge on any atom is -0.255 e. The molecule has 0 saturated heterocycles. The van der Waals surface area contributed by atoms with E-state index in [9.17, 15) is 0 Å². The summed E-state index contributed by atoms with van der Waals surface area (Å²) in [6.07, 6.45) is 3.54. The molecule has 2 rings (SSSR count). The fraction of sp³-hybridized carbons (Fsp3) is 0.444. The number of halogens is 2. The Labute approximate surface area is 173 Å². The summed E-state index contributed by atoms with van der Waals surface area (Å²) in [5, 5.41) is 0. The maximum Gasteiger partial charge on any atom is 0.0886 e. The number of hydrogen-bond acceptors (Lipinski definition) is 4. The van der Waals surface area contributed by atoms with Crippen molar-refractivity contribution in [3.05, 3.63) is 48.8 Å². The van der Waals surface area contributed by atoms with Crippen molar-refractivity contribution in [1.82, 2.24) is 9.97 Å². The minimum absolute atomic E-state index is 0.0714. The number of pyridine rings is 2. The number of aromatic nitrogens is 2. The molecule has 0 atom stereocenters. The average molecular weight is 790 g/mol. The first-order valence-corrected chi connectivity index (χ1v) is 35.1. The summed E-state index contributed by atoms with van der Waals surface area (Å²) in [6.45, 7) is 12.9. The summed E-state index contributed by atoms with van der Waals surface area (Å²) in [5.74, 6) is 0. The first-order valence-electron chi connectivity index (χ1n) is 8.06. The summed E-state index contributed by atoms with van der Waals surface area (Å²) in [5.41, 5.74) is 1.97. The van der Waals surface area contributed by atoms with Crippen LogP contribution in [0.5, 0.6) is 0 Å². The molecule has 0 fully saturated rings. The normalized spacial score (nSPS) is 12.0. The molecule has 2 aromatic heterocycles. The van der Waals surface area contributed by atoms with Crippen molar-refractivity contribution in [2.45, 2.75) is 52.6 Å². The second kappa shape index (κ2) is 10.1. The molecule has 7 heteroatoms. The third-order valence-electron chi connectivity index (χ3n) is 2.53. The summed E-state index contributed by atoms with van der Waals surface area (Å²) < 4.78 is 9.73. The molecule has 0 saturated carbocycles. The molecular formula is C18H26I2N4U. The molecular weight excluding hydrogens is 764 g/mol. The zero-order valence-electron chi connectivity index (χ0n) is 15.7. The van der Waals surface area contributed by atoms with Crippen molar-refractivity contribution in [3.8, 4) is 11.4 Å². The molecule has 136 valence electrons. The van der Waals surface area contributed by atoms with Crippen LogP contribution >= 0.6 is 33.5 Å². The summed E-state index contributed by atoms with van der Waals surface area (Å²) in [7, 11) is 0. The molecule has 2 heterocycles. The summed E-state index contributed by atoms with van der Waals surface area (Å²) >= 11 is 2.29. The van der Waals surface area contributed by atoms with E-state index in [1.807, 2.05) is 36.4 Å². The van der Waals surface area contributed by atoms with Crippen LogP contribution < -0.4 is 0 Å². The molecule has 0 N–H and O–H groups in total. The van der Waals surface area contributed by atoms with Gasteiger partial charge in [-0.15, -0.1) is 0 Å². The van der Waals surface area contributed by atoms with Gasteiger partial charge in [0.25, 0.3) is 0 Å². The van der Waals surface area contributed by atoms with E-state index in [1.54, 1.807) is 12.4 Å². The second-order valence-corrected chi connectivity index (χ2v) is 60.9. The Kier molecular flexibility index (Phi) is 9.47. The number of rotatable bonds is 1. The molecule has 0 aliphatic carbocycles. The van der Waals surface area contributed by atoms with E-state index >= 15 is 0 Å². The van der Waals surface area contributed by atoms with E-state index in [0.717, 1.165) is 11.4 Å². The quantitative estimate of drug-likeness (QED) is 0.294. The van der Waals surface area contributed by atoms with Gasteiger partial charge in [0.05, 0.1) is 11.4 Å². The van der Waals surface area contributed by atoms with Crippen LogP contribution in [0.1, 0.15) is 41.5 Å². The van der Waals surface area contributed by atoms with Crippen LogP contribution in [-0.4, -0.2) is 21.0 Å². The van der Waals surface area contributed by atoms with E-state index in [-0.39, 0.29) is 11.1 Å². The summed E-state index contributed by atoms with van der Waals surface area (Å²) in [4.78, 5) is 8.37. The van der Waals surface area contributed by atoms with Crippen LogP contribution in [-0.2, 0) is 0 Å². The zero-order valence-corrected chi connectivity index (χ0v) is 24.1. The van der Waals surface area contributed by atoms with Gasteiger partial charge in [-0.2, -0.15) is 0 Å². The molecule has 0 bridgehead atoms. The predicted molar refractivity (Wildman–Crippen MR) is 120 cm³/mol. The first kappa shape index (κ1) is 23.5. The zero-order chi connectivity index (χ0) is 19.1. The fourth-order valence-corrected chi connectivity index (χ4v) is 35.8. The topological polar surface area (TPSA) is 50.5 Å². The number of hydrogen-bond donors (Lipinski definition) is 0. The molecule has 0 aliphatic rings. The van der Waals surface area contributed by atoms with Gasteiger partial charge in [0, 0.05) is 12.4 Å². The maximum absolute atomic E-state index is 4.86. The van der Waals surface area contributed by atoms with E-state index in [2.05, 4.69) is 85.0 Å². The Bertz CT molecular complexity index is 699. The van der Waals surface area contributed by atoms with Gasteiger partial charge in [-0.05, 0) is 24.3 Å². The van der Waals surface area contributed by atoms with Crippen molar-refractivity contribution in [1.29, 1.82) is 0 Å². The van der Waals surface area contributed by atoms with Gasteiger partial charge in [-0.25, -0.2) is 0 Å². The van der Waals surface area contributed by atoms with Gasteiger partial charge in [-0.3, -0.25) is 9.97 Å². The molecule has 2 aromatic rings. The van der Waals surface area contributed by atoms with Crippen molar-refractivity contribution >= 4 is 33.5 Å². The van der Waals surface area contributed by atoms with Crippen molar-refractivity contribution in [2.75, 3.05) is 0 Å². The van der Waals surface area contributed by atoms with Crippen LogP contribution in [0.4, 0.5) is 0 Å². The molecule has 0 aliphatic heterocycles. The van der Waals surface area contributed by atoms with Crippen LogP contribution in [0.25, 0.3) is 11.4 Å². The standard InChI is InChI=1S/C10H8N2.2C4H9N.2HI.U/c1-3-7-11-9(5-1)10-6-2-4-8-12-10;2*1-4(2,3)5;;;/h1-8H;2*1-3H3;2*1H;/q;;;;;+2/p-2. The van der Waals surface area contributed by atoms with Gasteiger partial charge in [0.2, 0.25) is 0 Å². The molecule has 0 amide bonds. The smallest absolute Gasteiger partial charge is 0.0886 e. The predicted octanol–water partition coefficient (Wildman–Crippen LogP) is 6.95. The van der Waals surface area contributed by atoms with Crippen LogP contribution in [0.15, 0.2) is 53.3 Å². The fourth-order valence-electron chi connectivity index (χ4n) is 1.86. The molecule has 25 heavy (non-hydrogen) atoms. The van der Waals surface area contributed by atoms with E-state index in [1.165, 1.54) is 0 Å². The third kappa shape index (κ3) is 11.7. The molecule has 0 radical (unpaired) electrons. The summed E-state index contributed by atoms with van der Waals surface area (Å²) in [6, 6.07) is 11.6. The second-order valence-electron chi connectivity index (χ2n) is 7.50. The molecule has 0 aromatic carbocycles. The SMILES string of the molecule is CC(C)(C)[N]=[U]([I])([I])=[N]C(C)(C)C.c1ccc(-c2ccccn2)nc1. The van der Waals surface area contributed by atoms with Crippen molar-refractivity contribution in [3.63, 3.8) is 0 Å². The third-order valence-corrected chi connectivity index (χ3v) is 19.4. The van der Waals surface area contributed by atoms with Crippen molar-refractivity contribution < 1.29 is 14.8 Å². The van der Waals surface area contributed by atoms with Gasteiger partial charge in [-0.1, -0.05) is 12.1 Å². The van der Waals surface area contributed by atoms with E-state index in [0.29, 0.717) is 0 Å². The van der Waals surface area contributed by atoms with Gasteiger partial charge < -0.3 is 0 Å². The Morgan fingerprint density at radius 2 is 1.08 bits per heavy atom. The van der Waals surface area contributed by atoms with Gasteiger partial charge in [0.15, 0.2) is 0 Å². The van der Waals surface area contributed by atoms with E-state index < -0.39 is 14.8 Å². The molecule has 0 unspecified atom stereocenters. The van der Waals surface area contributed by atoms with Crippen molar-refractivity contribution in [2.24, 2.45) is 4.51 Å². The van der Waals surface area contributed by atoms with Crippen LogP contribution in [0.3, 0.4) is 0 Å². The van der Waals surface area contributed by atoms with Crippen LogP contribution in [0.2, 0.25) is 0 Å². The first-order chi connectivity index (χ1) is 11.4. The Hall–Kier alpha value is 0.412. The van der Waals surface area contributed by atoms with Gasteiger partial charge in [0.1, 0.15) is 0 Å².